The maximum Gasteiger partial charge on any atom is 0.268 e. The Balaban J connectivity index is 1.88. The molecule has 0 unspecified atom stereocenters. The van der Waals surface area contributed by atoms with Crippen molar-refractivity contribution in [1.82, 2.24) is 10.3 Å². The second kappa shape index (κ2) is 5.46. The molecule has 2 atom stereocenters. The first-order valence-corrected chi connectivity index (χ1v) is 6.91. The van der Waals surface area contributed by atoms with Crippen molar-refractivity contribution in [3.05, 3.63) is 35.3 Å². The number of rotatable bonds is 2. The lowest BCUT2D eigenvalue weighted by molar-refractivity contribution is -0.0261. The van der Waals surface area contributed by atoms with Crippen molar-refractivity contribution in [2.45, 2.75) is 25.5 Å². The lowest BCUT2D eigenvalue weighted by Crippen LogP contribution is -2.48. The van der Waals surface area contributed by atoms with Crippen LogP contribution < -0.4 is 5.32 Å². The molecule has 1 aromatic heterocycles. The van der Waals surface area contributed by atoms with E-state index in [1.54, 1.807) is 19.1 Å². The summed E-state index contributed by atoms with van der Waals surface area (Å²) in [6, 6.07) is 4.39. The fourth-order valence-corrected chi connectivity index (χ4v) is 2.68. The van der Waals surface area contributed by atoms with Crippen LogP contribution in [0.1, 0.15) is 22.5 Å². The molecule has 5 nitrogen and oxygen atoms in total. The highest BCUT2D eigenvalue weighted by atomic mass is 19.1. The minimum Gasteiger partial charge on any atom is -0.389 e. The van der Waals surface area contributed by atoms with Gasteiger partial charge in [0.15, 0.2) is 0 Å². The first-order valence-electron chi connectivity index (χ1n) is 6.91. The van der Waals surface area contributed by atoms with Gasteiger partial charge in [-0.15, -0.1) is 0 Å². The summed E-state index contributed by atoms with van der Waals surface area (Å²) in [6.07, 6.45) is -0.162. The number of aromatic amines is 1. The van der Waals surface area contributed by atoms with Crippen LogP contribution in [0.4, 0.5) is 4.39 Å². The van der Waals surface area contributed by atoms with E-state index in [9.17, 15) is 14.3 Å². The van der Waals surface area contributed by atoms with Crippen molar-refractivity contribution in [1.29, 1.82) is 0 Å². The number of nitrogens with one attached hydrogen (secondary N) is 2. The highest BCUT2D eigenvalue weighted by Crippen LogP contribution is 2.24. The summed E-state index contributed by atoms with van der Waals surface area (Å²) in [5, 5.41) is 13.3. The molecule has 0 aliphatic carbocycles. The zero-order chi connectivity index (χ0) is 15.0. The number of aryl methyl sites for hydroxylation is 1. The summed E-state index contributed by atoms with van der Waals surface area (Å²) < 4.78 is 18.9. The maximum absolute atomic E-state index is 13.7. The molecule has 1 amide bonds. The second-order valence-corrected chi connectivity index (χ2v) is 5.30. The van der Waals surface area contributed by atoms with Gasteiger partial charge in [-0.1, -0.05) is 12.1 Å². The number of amides is 1. The van der Waals surface area contributed by atoms with Crippen molar-refractivity contribution >= 4 is 16.8 Å². The highest BCUT2D eigenvalue weighted by Gasteiger charge is 2.27. The lowest BCUT2D eigenvalue weighted by atomic mass is 10.1. The number of benzene rings is 1. The normalized spacial score (nSPS) is 22.4. The zero-order valence-corrected chi connectivity index (χ0v) is 11.6. The molecule has 1 aromatic carbocycles. The van der Waals surface area contributed by atoms with Gasteiger partial charge < -0.3 is 20.1 Å². The van der Waals surface area contributed by atoms with E-state index in [-0.39, 0.29) is 24.4 Å². The topological polar surface area (TPSA) is 74.3 Å². The minimum absolute atomic E-state index is 0.214. The van der Waals surface area contributed by atoms with Crippen LogP contribution in [0.15, 0.2) is 18.2 Å². The van der Waals surface area contributed by atoms with E-state index in [1.165, 1.54) is 6.07 Å². The van der Waals surface area contributed by atoms with Gasteiger partial charge in [-0.25, -0.2) is 4.39 Å². The Hall–Kier alpha value is -1.92. The lowest BCUT2D eigenvalue weighted by Gasteiger charge is -2.28. The SMILES string of the molecule is Cc1c(C(=O)N[C@@H]2CCOC[C@H]2O)[nH]c2c(F)cccc12. The van der Waals surface area contributed by atoms with Gasteiger partial charge in [0, 0.05) is 12.0 Å². The third-order valence-electron chi connectivity index (χ3n) is 3.91. The quantitative estimate of drug-likeness (QED) is 0.785. The van der Waals surface area contributed by atoms with Crippen molar-refractivity contribution in [2.75, 3.05) is 13.2 Å². The average molecular weight is 292 g/mol. The fourth-order valence-electron chi connectivity index (χ4n) is 2.68. The van der Waals surface area contributed by atoms with Gasteiger partial charge in [0.25, 0.3) is 5.91 Å². The molecule has 0 saturated carbocycles. The van der Waals surface area contributed by atoms with E-state index in [2.05, 4.69) is 10.3 Å². The van der Waals surface area contributed by atoms with E-state index < -0.39 is 6.10 Å². The Labute approximate surface area is 121 Å². The monoisotopic (exact) mass is 292 g/mol. The summed E-state index contributed by atoms with van der Waals surface area (Å²) in [6.45, 7) is 2.49. The Morgan fingerprint density at radius 2 is 2.33 bits per heavy atom. The summed E-state index contributed by atoms with van der Waals surface area (Å²) in [5.41, 5.74) is 1.35. The molecule has 0 spiro atoms. The summed E-state index contributed by atoms with van der Waals surface area (Å²) >= 11 is 0. The molecule has 1 aliphatic heterocycles. The number of aliphatic hydroxyl groups is 1. The van der Waals surface area contributed by atoms with Gasteiger partial charge in [0.1, 0.15) is 11.5 Å². The predicted octanol–water partition coefficient (Wildman–Crippen LogP) is 1.50. The number of halogens is 1. The number of H-pyrrole nitrogens is 1. The molecular formula is C15H17FN2O3. The standard InChI is InChI=1S/C15H17FN2O3/c1-8-9-3-2-4-10(16)14(9)18-13(8)15(20)17-11-5-6-21-7-12(11)19/h2-4,11-12,18-19H,5-7H2,1H3,(H,17,20)/t11-,12-/m1/s1. The maximum atomic E-state index is 13.7. The fraction of sp³-hybridized carbons (Fsp3) is 0.400. The van der Waals surface area contributed by atoms with Crippen LogP contribution in [0.25, 0.3) is 10.9 Å². The number of hydrogen-bond donors (Lipinski definition) is 3. The van der Waals surface area contributed by atoms with Crippen LogP contribution in [-0.2, 0) is 4.74 Å². The minimum atomic E-state index is -0.718. The van der Waals surface area contributed by atoms with Gasteiger partial charge in [0.05, 0.1) is 24.3 Å². The van der Waals surface area contributed by atoms with Crippen LogP contribution in [0.5, 0.6) is 0 Å². The largest absolute Gasteiger partial charge is 0.389 e. The molecule has 1 fully saturated rings. The van der Waals surface area contributed by atoms with Crippen molar-refractivity contribution < 1.29 is 19.0 Å². The molecule has 1 saturated heterocycles. The first-order chi connectivity index (χ1) is 10.1. The molecular weight excluding hydrogens is 275 g/mol. The van der Waals surface area contributed by atoms with Crippen LogP contribution in [0.2, 0.25) is 0 Å². The third-order valence-corrected chi connectivity index (χ3v) is 3.91. The van der Waals surface area contributed by atoms with E-state index in [4.69, 9.17) is 4.74 Å². The van der Waals surface area contributed by atoms with Crippen LogP contribution >= 0.6 is 0 Å². The van der Waals surface area contributed by atoms with Gasteiger partial charge in [-0.05, 0) is 25.0 Å². The van der Waals surface area contributed by atoms with Crippen molar-refractivity contribution in [2.24, 2.45) is 0 Å². The van der Waals surface area contributed by atoms with Crippen molar-refractivity contribution in [3.63, 3.8) is 0 Å². The number of ether oxygens (including phenoxy) is 1. The van der Waals surface area contributed by atoms with Gasteiger partial charge in [-0.3, -0.25) is 4.79 Å². The summed E-state index contributed by atoms with van der Waals surface area (Å²) in [4.78, 5) is 15.2. The smallest absolute Gasteiger partial charge is 0.268 e. The molecule has 6 heteroatoms. The van der Waals surface area contributed by atoms with Crippen LogP contribution in [0.3, 0.4) is 0 Å². The van der Waals surface area contributed by atoms with Gasteiger partial charge in [-0.2, -0.15) is 0 Å². The number of carbonyl (C=O) groups is 1. The Bertz CT molecular complexity index is 683. The van der Waals surface area contributed by atoms with Crippen LogP contribution in [-0.4, -0.2) is 41.4 Å². The molecule has 2 aromatic rings. The van der Waals surface area contributed by atoms with Gasteiger partial charge >= 0.3 is 0 Å². The second-order valence-electron chi connectivity index (χ2n) is 5.30. The van der Waals surface area contributed by atoms with E-state index in [0.717, 1.165) is 0 Å². The van der Waals surface area contributed by atoms with E-state index in [1.807, 2.05) is 0 Å². The molecule has 2 heterocycles. The highest BCUT2D eigenvalue weighted by molar-refractivity contribution is 6.01. The Kier molecular flexibility index (Phi) is 3.65. The Morgan fingerprint density at radius 1 is 1.52 bits per heavy atom. The number of fused-ring (bicyclic) bond motifs is 1. The Morgan fingerprint density at radius 3 is 3.05 bits per heavy atom. The zero-order valence-electron chi connectivity index (χ0n) is 11.6. The molecule has 0 radical (unpaired) electrons. The predicted molar refractivity (Wildman–Crippen MR) is 75.7 cm³/mol. The van der Waals surface area contributed by atoms with E-state index >= 15 is 0 Å². The molecule has 3 N–H and O–H groups in total. The molecule has 1 aliphatic rings. The average Bonchev–Trinajstić information content (AvgIpc) is 2.81. The molecule has 21 heavy (non-hydrogen) atoms. The number of hydrogen-bond acceptors (Lipinski definition) is 3. The molecule has 0 bridgehead atoms. The first kappa shape index (κ1) is 14.0. The number of para-hydroxylation sites is 1. The molecule has 112 valence electrons. The van der Waals surface area contributed by atoms with Crippen molar-refractivity contribution in [3.8, 4) is 0 Å². The third kappa shape index (κ3) is 2.52. The van der Waals surface area contributed by atoms with E-state index in [0.29, 0.717) is 35.2 Å². The number of aromatic nitrogens is 1. The molecule has 3 rings (SSSR count). The number of carbonyl (C=O) groups excluding carboxylic acids is 1. The summed E-state index contributed by atoms with van der Waals surface area (Å²) in [5.74, 6) is -0.727. The summed E-state index contributed by atoms with van der Waals surface area (Å²) in [7, 11) is 0. The van der Waals surface area contributed by atoms with Crippen LogP contribution in [0, 0.1) is 12.7 Å². The number of aliphatic hydroxyl groups excluding tert-OH is 1. The van der Waals surface area contributed by atoms with Gasteiger partial charge in [0.2, 0.25) is 0 Å².